The van der Waals surface area contributed by atoms with Gasteiger partial charge in [-0.05, 0) is 6.92 Å². The average Bonchev–Trinajstić information content (AvgIpc) is 2.49. The Hall–Kier alpha value is -2.56. The molecule has 0 aliphatic carbocycles. The summed E-state index contributed by atoms with van der Waals surface area (Å²) in [6, 6.07) is 8.03. The Labute approximate surface area is 110 Å². The lowest BCUT2D eigenvalue weighted by atomic mass is 10.1. The smallest absolute Gasteiger partial charge is 0.156 e. The van der Waals surface area contributed by atoms with E-state index in [1.54, 1.807) is 18.6 Å². The van der Waals surface area contributed by atoms with E-state index in [0.29, 0.717) is 0 Å². The van der Waals surface area contributed by atoms with Crippen molar-refractivity contribution in [3.63, 3.8) is 0 Å². The van der Waals surface area contributed by atoms with Crippen molar-refractivity contribution in [2.45, 2.75) is 6.92 Å². The van der Waals surface area contributed by atoms with Crippen molar-refractivity contribution in [3.05, 3.63) is 42.9 Å². The highest BCUT2D eigenvalue weighted by Crippen LogP contribution is 2.27. The normalized spacial score (nSPS) is 10.6. The number of rotatable bonds is 3. The molecule has 5 nitrogen and oxygen atoms in total. The lowest BCUT2D eigenvalue weighted by Gasteiger charge is -2.09. The first-order chi connectivity index (χ1) is 9.40. The molecule has 19 heavy (non-hydrogen) atoms. The van der Waals surface area contributed by atoms with Crippen LogP contribution in [0, 0.1) is 0 Å². The fourth-order valence-electron chi connectivity index (χ4n) is 2.01. The second-order valence-corrected chi connectivity index (χ2v) is 4.06. The number of benzene rings is 1. The summed E-state index contributed by atoms with van der Waals surface area (Å²) >= 11 is 0. The van der Waals surface area contributed by atoms with Gasteiger partial charge in [0.05, 0.1) is 6.20 Å². The minimum atomic E-state index is 0.731. The van der Waals surface area contributed by atoms with Gasteiger partial charge in [0.15, 0.2) is 5.82 Å². The van der Waals surface area contributed by atoms with Gasteiger partial charge < -0.3 is 5.32 Å². The predicted molar refractivity (Wildman–Crippen MR) is 74.7 cm³/mol. The van der Waals surface area contributed by atoms with Gasteiger partial charge in [-0.25, -0.2) is 0 Å². The van der Waals surface area contributed by atoms with Gasteiger partial charge in [0.1, 0.15) is 11.4 Å². The standard InChI is InChI=1S/C14H13N5/c1-2-16-14-11-6-4-3-5-10(11)13(18-19-14)12-9-15-7-8-17-12/h3-9H,2H2,1H3,(H,16,19). The average molecular weight is 251 g/mol. The van der Waals surface area contributed by atoms with Crippen LogP contribution in [-0.2, 0) is 0 Å². The van der Waals surface area contributed by atoms with Crippen molar-refractivity contribution in [1.82, 2.24) is 20.2 Å². The van der Waals surface area contributed by atoms with Crippen molar-refractivity contribution >= 4 is 16.6 Å². The maximum Gasteiger partial charge on any atom is 0.156 e. The molecule has 1 N–H and O–H groups in total. The number of anilines is 1. The molecule has 0 amide bonds. The molecule has 3 rings (SSSR count). The monoisotopic (exact) mass is 251 g/mol. The third-order valence-corrected chi connectivity index (χ3v) is 2.84. The molecule has 1 aromatic carbocycles. The summed E-state index contributed by atoms with van der Waals surface area (Å²) < 4.78 is 0. The molecule has 0 saturated carbocycles. The molecule has 0 unspecified atom stereocenters. The minimum Gasteiger partial charge on any atom is -0.368 e. The van der Waals surface area contributed by atoms with Crippen LogP contribution in [0.25, 0.3) is 22.2 Å². The van der Waals surface area contributed by atoms with E-state index in [1.165, 1.54) is 0 Å². The first-order valence-corrected chi connectivity index (χ1v) is 6.16. The van der Waals surface area contributed by atoms with E-state index in [2.05, 4.69) is 25.5 Å². The molecule has 0 spiro atoms. The molecule has 2 heterocycles. The lowest BCUT2D eigenvalue weighted by molar-refractivity contribution is 1.02. The van der Waals surface area contributed by atoms with Crippen LogP contribution in [0.1, 0.15) is 6.92 Å². The largest absolute Gasteiger partial charge is 0.368 e. The zero-order valence-corrected chi connectivity index (χ0v) is 10.5. The van der Waals surface area contributed by atoms with Crippen LogP contribution >= 0.6 is 0 Å². The summed E-state index contributed by atoms with van der Waals surface area (Å²) in [5, 5.41) is 13.8. The van der Waals surface area contributed by atoms with Gasteiger partial charge in [-0.3, -0.25) is 9.97 Å². The molecule has 3 aromatic rings. The Kier molecular flexibility index (Phi) is 3.02. The Bertz CT molecular complexity index is 697. The van der Waals surface area contributed by atoms with Gasteiger partial charge >= 0.3 is 0 Å². The summed E-state index contributed by atoms with van der Waals surface area (Å²) in [5.41, 5.74) is 1.49. The summed E-state index contributed by atoms with van der Waals surface area (Å²) in [6.07, 6.45) is 5.00. The van der Waals surface area contributed by atoms with Crippen molar-refractivity contribution in [1.29, 1.82) is 0 Å². The highest BCUT2D eigenvalue weighted by molar-refractivity contribution is 5.99. The lowest BCUT2D eigenvalue weighted by Crippen LogP contribution is -2.03. The van der Waals surface area contributed by atoms with Crippen molar-refractivity contribution in [2.24, 2.45) is 0 Å². The van der Waals surface area contributed by atoms with Gasteiger partial charge in [0.25, 0.3) is 0 Å². The van der Waals surface area contributed by atoms with Gasteiger partial charge in [-0.15, -0.1) is 10.2 Å². The van der Waals surface area contributed by atoms with Crippen LogP contribution in [0.3, 0.4) is 0 Å². The van der Waals surface area contributed by atoms with Crippen molar-refractivity contribution in [3.8, 4) is 11.4 Å². The quantitative estimate of drug-likeness (QED) is 0.775. The van der Waals surface area contributed by atoms with E-state index in [1.807, 2.05) is 31.2 Å². The first-order valence-electron chi connectivity index (χ1n) is 6.16. The van der Waals surface area contributed by atoms with Crippen LogP contribution in [0.5, 0.6) is 0 Å². The third-order valence-electron chi connectivity index (χ3n) is 2.84. The van der Waals surface area contributed by atoms with Gasteiger partial charge in [0, 0.05) is 29.7 Å². The Morgan fingerprint density at radius 2 is 1.89 bits per heavy atom. The molecule has 2 aromatic heterocycles. The number of nitrogens with zero attached hydrogens (tertiary/aromatic N) is 4. The van der Waals surface area contributed by atoms with Gasteiger partial charge in [-0.1, -0.05) is 24.3 Å². The molecule has 0 aliphatic rings. The number of hydrogen-bond donors (Lipinski definition) is 1. The van der Waals surface area contributed by atoms with Crippen molar-refractivity contribution < 1.29 is 0 Å². The predicted octanol–water partition coefficient (Wildman–Crippen LogP) is 2.52. The molecular formula is C14H13N5. The molecule has 94 valence electrons. The van der Waals surface area contributed by atoms with E-state index in [9.17, 15) is 0 Å². The summed E-state index contributed by atoms with van der Waals surface area (Å²) in [5.74, 6) is 0.797. The molecule has 0 fully saturated rings. The molecule has 0 saturated heterocycles. The SMILES string of the molecule is CCNc1nnc(-c2cnccn2)c2ccccc12. The van der Waals surface area contributed by atoms with E-state index >= 15 is 0 Å². The van der Waals surface area contributed by atoms with Gasteiger partial charge in [0.2, 0.25) is 0 Å². The van der Waals surface area contributed by atoms with Gasteiger partial charge in [-0.2, -0.15) is 0 Å². The Balaban J connectivity index is 2.25. The van der Waals surface area contributed by atoms with Crippen molar-refractivity contribution in [2.75, 3.05) is 11.9 Å². The van der Waals surface area contributed by atoms with E-state index in [0.717, 1.165) is 34.5 Å². The second-order valence-electron chi connectivity index (χ2n) is 4.06. The summed E-state index contributed by atoms with van der Waals surface area (Å²) in [7, 11) is 0. The first kappa shape index (κ1) is 11.5. The Morgan fingerprint density at radius 1 is 1.05 bits per heavy atom. The van der Waals surface area contributed by atoms with E-state index < -0.39 is 0 Å². The molecular weight excluding hydrogens is 238 g/mol. The summed E-state index contributed by atoms with van der Waals surface area (Å²) in [4.78, 5) is 8.37. The third kappa shape index (κ3) is 2.10. The topological polar surface area (TPSA) is 63.6 Å². The fraction of sp³-hybridized carbons (Fsp3) is 0.143. The Morgan fingerprint density at radius 3 is 2.63 bits per heavy atom. The second kappa shape index (κ2) is 4.97. The zero-order valence-electron chi connectivity index (χ0n) is 10.5. The number of hydrogen-bond acceptors (Lipinski definition) is 5. The van der Waals surface area contributed by atoms with Crippen LogP contribution in [0.2, 0.25) is 0 Å². The number of fused-ring (bicyclic) bond motifs is 1. The number of aromatic nitrogens is 4. The molecule has 0 aliphatic heterocycles. The summed E-state index contributed by atoms with van der Waals surface area (Å²) in [6.45, 7) is 2.84. The molecule has 0 atom stereocenters. The van der Waals surface area contributed by atoms with Crippen LogP contribution in [0.4, 0.5) is 5.82 Å². The van der Waals surface area contributed by atoms with E-state index in [-0.39, 0.29) is 0 Å². The zero-order chi connectivity index (χ0) is 13.1. The van der Waals surface area contributed by atoms with Crippen LogP contribution in [0.15, 0.2) is 42.9 Å². The van der Waals surface area contributed by atoms with Crippen LogP contribution < -0.4 is 5.32 Å². The molecule has 0 bridgehead atoms. The van der Waals surface area contributed by atoms with E-state index in [4.69, 9.17) is 0 Å². The maximum absolute atomic E-state index is 4.29. The minimum absolute atomic E-state index is 0.731. The highest BCUT2D eigenvalue weighted by atomic mass is 15.2. The van der Waals surface area contributed by atoms with Crippen LogP contribution in [-0.4, -0.2) is 26.7 Å². The highest BCUT2D eigenvalue weighted by Gasteiger charge is 2.10. The molecule has 0 radical (unpaired) electrons. The maximum atomic E-state index is 4.29. The number of nitrogens with one attached hydrogen (secondary N) is 1. The molecule has 5 heteroatoms. The fourth-order valence-corrected chi connectivity index (χ4v) is 2.01.